The topological polar surface area (TPSA) is 18.5 Å². The van der Waals surface area contributed by atoms with Crippen LogP contribution in [0.25, 0.3) is 0 Å². The molecule has 1 fully saturated rings. The van der Waals surface area contributed by atoms with Crippen molar-refractivity contribution in [1.29, 1.82) is 0 Å². The van der Waals surface area contributed by atoms with E-state index in [-0.39, 0.29) is 5.38 Å². The van der Waals surface area contributed by atoms with Gasteiger partial charge in [0, 0.05) is 5.56 Å². The SMILES string of the molecule is COc1ccc(OC)c(C(Cl)C2CCC2)c1. The van der Waals surface area contributed by atoms with Crippen molar-refractivity contribution in [3.63, 3.8) is 0 Å². The van der Waals surface area contributed by atoms with Crippen molar-refractivity contribution in [2.45, 2.75) is 24.6 Å². The molecule has 1 aromatic rings. The van der Waals surface area contributed by atoms with E-state index in [1.54, 1.807) is 14.2 Å². The second-order valence-electron chi connectivity index (χ2n) is 4.20. The highest BCUT2D eigenvalue weighted by molar-refractivity contribution is 6.21. The molecule has 2 rings (SSSR count). The monoisotopic (exact) mass is 240 g/mol. The van der Waals surface area contributed by atoms with Gasteiger partial charge in [-0.1, -0.05) is 6.42 Å². The molecule has 1 atom stereocenters. The molecule has 0 aliphatic heterocycles. The first-order valence-electron chi connectivity index (χ1n) is 5.62. The Labute approximate surface area is 102 Å². The molecule has 1 aliphatic rings. The Bertz CT molecular complexity index is 361. The third-order valence-electron chi connectivity index (χ3n) is 3.30. The van der Waals surface area contributed by atoms with Gasteiger partial charge in [0.15, 0.2) is 0 Å². The molecule has 3 heteroatoms. The maximum Gasteiger partial charge on any atom is 0.123 e. The number of rotatable bonds is 4. The smallest absolute Gasteiger partial charge is 0.123 e. The Morgan fingerprint density at radius 2 is 2.00 bits per heavy atom. The highest BCUT2D eigenvalue weighted by atomic mass is 35.5. The molecule has 0 heterocycles. The zero-order chi connectivity index (χ0) is 11.5. The number of halogens is 1. The van der Waals surface area contributed by atoms with Crippen LogP contribution in [0.15, 0.2) is 18.2 Å². The van der Waals surface area contributed by atoms with Crippen LogP contribution in [0.5, 0.6) is 11.5 Å². The molecule has 0 spiro atoms. The van der Waals surface area contributed by atoms with Gasteiger partial charge >= 0.3 is 0 Å². The average Bonchev–Trinajstić information content (AvgIpc) is 2.25. The third kappa shape index (κ3) is 2.12. The summed E-state index contributed by atoms with van der Waals surface area (Å²) in [5, 5.41) is 0.0406. The zero-order valence-corrected chi connectivity index (χ0v) is 10.5. The van der Waals surface area contributed by atoms with Crippen LogP contribution in [0.3, 0.4) is 0 Å². The summed E-state index contributed by atoms with van der Waals surface area (Å²) in [6.45, 7) is 0. The van der Waals surface area contributed by atoms with Crippen LogP contribution in [-0.4, -0.2) is 14.2 Å². The minimum absolute atomic E-state index is 0.0406. The number of hydrogen-bond acceptors (Lipinski definition) is 2. The van der Waals surface area contributed by atoms with E-state index < -0.39 is 0 Å². The van der Waals surface area contributed by atoms with E-state index >= 15 is 0 Å². The lowest BCUT2D eigenvalue weighted by molar-refractivity contribution is 0.299. The fraction of sp³-hybridized carbons (Fsp3) is 0.538. The molecule has 0 saturated heterocycles. The van der Waals surface area contributed by atoms with Gasteiger partial charge in [0.1, 0.15) is 11.5 Å². The summed E-state index contributed by atoms with van der Waals surface area (Å²) in [7, 11) is 3.34. The van der Waals surface area contributed by atoms with Crippen molar-refractivity contribution in [2.24, 2.45) is 5.92 Å². The highest BCUT2D eigenvalue weighted by Crippen LogP contribution is 2.45. The maximum atomic E-state index is 6.49. The van der Waals surface area contributed by atoms with Crippen molar-refractivity contribution in [1.82, 2.24) is 0 Å². The summed E-state index contributed by atoms with van der Waals surface area (Å²) in [4.78, 5) is 0. The van der Waals surface area contributed by atoms with E-state index in [0.29, 0.717) is 5.92 Å². The largest absolute Gasteiger partial charge is 0.497 e. The molecule has 0 N–H and O–H groups in total. The number of alkyl halides is 1. The van der Waals surface area contributed by atoms with Crippen LogP contribution < -0.4 is 9.47 Å². The number of methoxy groups -OCH3 is 2. The van der Waals surface area contributed by atoms with E-state index in [2.05, 4.69) is 0 Å². The van der Waals surface area contributed by atoms with E-state index in [0.717, 1.165) is 17.1 Å². The summed E-state index contributed by atoms with van der Waals surface area (Å²) >= 11 is 6.49. The molecular weight excluding hydrogens is 224 g/mol. The minimum Gasteiger partial charge on any atom is -0.497 e. The summed E-state index contributed by atoms with van der Waals surface area (Å²) < 4.78 is 10.6. The fourth-order valence-corrected chi connectivity index (χ4v) is 2.46. The molecule has 0 amide bonds. The van der Waals surface area contributed by atoms with Crippen LogP contribution in [0.2, 0.25) is 0 Å². The normalized spacial score (nSPS) is 17.7. The van der Waals surface area contributed by atoms with Crippen molar-refractivity contribution < 1.29 is 9.47 Å². The minimum atomic E-state index is 0.0406. The Morgan fingerprint density at radius 3 is 2.50 bits per heavy atom. The number of benzene rings is 1. The van der Waals surface area contributed by atoms with Crippen LogP contribution in [0.1, 0.15) is 30.2 Å². The molecule has 0 aromatic heterocycles. The average molecular weight is 241 g/mol. The van der Waals surface area contributed by atoms with Crippen LogP contribution in [-0.2, 0) is 0 Å². The van der Waals surface area contributed by atoms with Crippen molar-refractivity contribution in [3.05, 3.63) is 23.8 Å². The van der Waals surface area contributed by atoms with Crippen LogP contribution in [0.4, 0.5) is 0 Å². The van der Waals surface area contributed by atoms with Gasteiger partial charge in [-0.2, -0.15) is 0 Å². The van der Waals surface area contributed by atoms with Gasteiger partial charge in [-0.25, -0.2) is 0 Å². The van der Waals surface area contributed by atoms with Gasteiger partial charge in [-0.05, 0) is 37.0 Å². The molecule has 1 aliphatic carbocycles. The predicted molar refractivity (Wildman–Crippen MR) is 65.5 cm³/mol. The Hall–Kier alpha value is -0.890. The number of hydrogen-bond donors (Lipinski definition) is 0. The lowest BCUT2D eigenvalue weighted by Gasteiger charge is -2.30. The lowest BCUT2D eigenvalue weighted by atomic mass is 9.80. The fourth-order valence-electron chi connectivity index (χ4n) is 2.04. The van der Waals surface area contributed by atoms with Crippen molar-refractivity contribution in [3.8, 4) is 11.5 Å². The molecule has 16 heavy (non-hydrogen) atoms. The molecule has 0 radical (unpaired) electrons. The molecule has 2 nitrogen and oxygen atoms in total. The van der Waals surface area contributed by atoms with Gasteiger partial charge in [-0.3, -0.25) is 0 Å². The molecular formula is C13H17ClO2. The first-order chi connectivity index (χ1) is 7.76. The summed E-state index contributed by atoms with van der Waals surface area (Å²) in [5.41, 5.74) is 1.05. The van der Waals surface area contributed by atoms with E-state index in [9.17, 15) is 0 Å². The van der Waals surface area contributed by atoms with Gasteiger partial charge in [-0.15, -0.1) is 11.6 Å². The lowest BCUT2D eigenvalue weighted by Crippen LogP contribution is -2.17. The second kappa shape index (κ2) is 4.96. The summed E-state index contributed by atoms with van der Waals surface area (Å²) in [6.07, 6.45) is 3.73. The highest BCUT2D eigenvalue weighted by Gasteiger charge is 2.29. The maximum absolute atomic E-state index is 6.49. The molecule has 1 unspecified atom stereocenters. The van der Waals surface area contributed by atoms with Crippen LogP contribution in [0, 0.1) is 5.92 Å². The van der Waals surface area contributed by atoms with Gasteiger partial charge < -0.3 is 9.47 Å². The molecule has 1 aromatic carbocycles. The standard InChI is InChI=1S/C13H17ClO2/c1-15-10-6-7-12(16-2)11(8-10)13(14)9-4-3-5-9/h6-9,13H,3-5H2,1-2H3. The van der Waals surface area contributed by atoms with Crippen LogP contribution >= 0.6 is 11.6 Å². The van der Waals surface area contributed by atoms with Gasteiger partial charge in [0.25, 0.3) is 0 Å². The molecule has 0 bridgehead atoms. The van der Waals surface area contributed by atoms with E-state index in [4.69, 9.17) is 21.1 Å². The Morgan fingerprint density at radius 1 is 1.25 bits per heavy atom. The van der Waals surface area contributed by atoms with Crippen molar-refractivity contribution in [2.75, 3.05) is 14.2 Å². The Balaban J connectivity index is 2.27. The van der Waals surface area contributed by atoms with Gasteiger partial charge in [0.2, 0.25) is 0 Å². The van der Waals surface area contributed by atoms with Gasteiger partial charge in [0.05, 0.1) is 19.6 Å². The Kier molecular flexibility index (Phi) is 3.59. The quantitative estimate of drug-likeness (QED) is 0.746. The van der Waals surface area contributed by atoms with Crippen molar-refractivity contribution >= 4 is 11.6 Å². The first kappa shape index (κ1) is 11.6. The number of ether oxygens (including phenoxy) is 2. The predicted octanol–water partition coefficient (Wildman–Crippen LogP) is 3.78. The summed E-state index contributed by atoms with van der Waals surface area (Å²) in [5.74, 6) is 2.27. The molecule has 88 valence electrons. The first-order valence-corrected chi connectivity index (χ1v) is 6.06. The van der Waals surface area contributed by atoms with E-state index in [1.807, 2.05) is 18.2 Å². The summed E-state index contributed by atoms with van der Waals surface area (Å²) in [6, 6.07) is 5.80. The van der Waals surface area contributed by atoms with E-state index in [1.165, 1.54) is 19.3 Å². The second-order valence-corrected chi connectivity index (χ2v) is 4.67. The third-order valence-corrected chi connectivity index (χ3v) is 3.89. The zero-order valence-electron chi connectivity index (χ0n) is 9.70. The molecule has 1 saturated carbocycles.